The Labute approximate surface area is 117 Å². The van der Waals surface area contributed by atoms with E-state index in [2.05, 4.69) is 10.6 Å². The van der Waals surface area contributed by atoms with Gasteiger partial charge in [0, 0.05) is 18.3 Å². The van der Waals surface area contributed by atoms with Crippen molar-refractivity contribution in [1.82, 2.24) is 5.32 Å². The summed E-state index contributed by atoms with van der Waals surface area (Å²) in [7, 11) is 0. The molecule has 1 saturated heterocycles. The van der Waals surface area contributed by atoms with E-state index >= 15 is 0 Å². The fourth-order valence-corrected chi connectivity index (χ4v) is 2.10. The smallest absolute Gasteiger partial charge is 0.341 e. The van der Waals surface area contributed by atoms with E-state index in [4.69, 9.17) is 9.84 Å². The number of carbonyl (C=O) groups excluding carboxylic acids is 1. The van der Waals surface area contributed by atoms with Crippen molar-refractivity contribution < 1.29 is 19.4 Å². The Morgan fingerprint density at radius 1 is 1.50 bits per heavy atom. The first-order valence-corrected chi connectivity index (χ1v) is 6.46. The lowest BCUT2D eigenvalue weighted by atomic mass is 9.89. The molecule has 0 aromatic heterocycles. The van der Waals surface area contributed by atoms with Crippen molar-refractivity contribution in [3.8, 4) is 5.75 Å². The quantitative estimate of drug-likeness (QED) is 0.750. The number of carbonyl (C=O) groups is 2. The Hall–Kier alpha value is -2.08. The average molecular weight is 278 g/mol. The fourth-order valence-electron chi connectivity index (χ4n) is 2.10. The fraction of sp³-hybridized carbons (Fsp3) is 0.429. The largest absolute Gasteiger partial charge is 0.482 e. The number of carboxylic acids is 1. The number of hydrogen-bond acceptors (Lipinski definition) is 4. The van der Waals surface area contributed by atoms with E-state index in [0.717, 1.165) is 13.0 Å². The molecule has 0 bridgehead atoms. The highest BCUT2D eigenvalue weighted by atomic mass is 16.5. The van der Waals surface area contributed by atoms with Crippen LogP contribution in [0.4, 0.5) is 5.69 Å². The highest BCUT2D eigenvalue weighted by Gasteiger charge is 2.36. The maximum Gasteiger partial charge on any atom is 0.341 e. The molecule has 1 aliphatic rings. The van der Waals surface area contributed by atoms with E-state index in [1.54, 1.807) is 24.3 Å². The molecule has 1 amide bonds. The molecule has 1 aromatic carbocycles. The molecule has 1 unspecified atom stereocenters. The highest BCUT2D eigenvalue weighted by molar-refractivity contribution is 5.95. The van der Waals surface area contributed by atoms with Crippen LogP contribution in [-0.4, -0.2) is 36.7 Å². The molecular weight excluding hydrogens is 260 g/mol. The molecule has 3 N–H and O–H groups in total. The number of anilines is 1. The van der Waals surface area contributed by atoms with Gasteiger partial charge in [0.05, 0.1) is 5.41 Å². The van der Waals surface area contributed by atoms with Crippen LogP contribution in [0.1, 0.15) is 13.3 Å². The third-order valence-electron chi connectivity index (χ3n) is 3.37. The second kappa shape index (κ2) is 5.92. The topological polar surface area (TPSA) is 87.7 Å². The third kappa shape index (κ3) is 3.48. The number of benzene rings is 1. The summed E-state index contributed by atoms with van der Waals surface area (Å²) < 4.78 is 5.08. The number of aliphatic carboxylic acids is 1. The summed E-state index contributed by atoms with van der Waals surface area (Å²) >= 11 is 0. The van der Waals surface area contributed by atoms with Crippen LogP contribution in [-0.2, 0) is 9.59 Å². The molecule has 20 heavy (non-hydrogen) atoms. The lowest BCUT2D eigenvalue weighted by Gasteiger charge is -2.21. The number of amides is 1. The van der Waals surface area contributed by atoms with Crippen LogP contribution in [0.5, 0.6) is 5.75 Å². The molecule has 1 fully saturated rings. The maximum atomic E-state index is 12.2. The molecule has 1 aromatic rings. The minimum atomic E-state index is -1.04. The van der Waals surface area contributed by atoms with Gasteiger partial charge >= 0.3 is 5.97 Å². The molecule has 1 heterocycles. The number of nitrogens with one attached hydrogen (secondary N) is 2. The first-order chi connectivity index (χ1) is 9.49. The molecule has 1 atom stereocenters. The van der Waals surface area contributed by atoms with Crippen LogP contribution in [0.25, 0.3) is 0 Å². The van der Waals surface area contributed by atoms with E-state index in [1.165, 1.54) is 0 Å². The zero-order valence-electron chi connectivity index (χ0n) is 11.3. The van der Waals surface area contributed by atoms with Gasteiger partial charge in [0.2, 0.25) is 5.91 Å². The molecule has 108 valence electrons. The van der Waals surface area contributed by atoms with Crippen molar-refractivity contribution >= 4 is 17.6 Å². The normalized spacial score (nSPS) is 21.4. The zero-order valence-corrected chi connectivity index (χ0v) is 11.3. The van der Waals surface area contributed by atoms with Crippen molar-refractivity contribution in [2.45, 2.75) is 13.3 Å². The third-order valence-corrected chi connectivity index (χ3v) is 3.37. The first-order valence-electron chi connectivity index (χ1n) is 6.46. The first kappa shape index (κ1) is 14.3. The van der Waals surface area contributed by atoms with Gasteiger partial charge in [-0.2, -0.15) is 0 Å². The molecule has 1 aliphatic heterocycles. The molecule has 0 spiro atoms. The van der Waals surface area contributed by atoms with Crippen LogP contribution >= 0.6 is 0 Å². The Morgan fingerprint density at radius 2 is 2.30 bits per heavy atom. The molecule has 6 nitrogen and oxygen atoms in total. The van der Waals surface area contributed by atoms with E-state index < -0.39 is 18.0 Å². The molecule has 0 saturated carbocycles. The van der Waals surface area contributed by atoms with Crippen molar-refractivity contribution in [3.63, 3.8) is 0 Å². The summed E-state index contributed by atoms with van der Waals surface area (Å²) in [5.41, 5.74) is 0.198. The van der Waals surface area contributed by atoms with Crippen molar-refractivity contribution in [3.05, 3.63) is 24.3 Å². The summed E-state index contributed by atoms with van der Waals surface area (Å²) in [5, 5.41) is 14.6. The molecule has 0 aliphatic carbocycles. The van der Waals surface area contributed by atoms with Crippen molar-refractivity contribution in [2.24, 2.45) is 5.41 Å². The van der Waals surface area contributed by atoms with Crippen LogP contribution in [0, 0.1) is 5.41 Å². The number of carboxylic acid groups (broad SMARTS) is 1. The predicted molar refractivity (Wildman–Crippen MR) is 73.8 cm³/mol. The summed E-state index contributed by atoms with van der Waals surface area (Å²) in [6, 6.07) is 6.73. The predicted octanol–water partition coefficient (Wildman–Crippen LogP) is 1.09. The Bertz CT molecular complexity index is 510. The minimum Gasteiger partial charge on any atom is -0.482 e. The van der Waals surface area contributed by atoms with Crippen molar-refractivity contribution in [2.75, 3.05) is 25.0 Å². The summed E-state index contributed by atoms with van der Waals surface area (Å²) in [6.45, 7) is 3.02. The van der Waals surface area contributed by atoms with E-state index in [-0.39, 0.29) is 5.91 Å². The number of rotatable bonds is 5. The van der Waals surface area contributed by atoms with Crippen LogP contribution < -0.4 is 15.4 Å². The maximum absolute atomic E-state index is 12.2. The second-order valence-corrected chi connectivity index (χ2v) is 5.15. The van der Waals surface area contributed by atoms with Gasteiger partial charge in [0.15, 0.2) is 6.61 Å². The van der Waals surface area contributed by atoms with Gasteiger partial charge in [0.1, 0.15) is 5.75 Å². The van der Waals surface area contributed by atoms with E-state index in [1.807, 2.05) is 6.92 Å². The Morgan fingerprint density at radius 3 is 2.95 bits per heavy atom. The lowest BCUT2D eigenvalue weighted by molar-refractivity contribution is -0.139. The Kier molecular flexibility index (Phi) is 4.24. The van der Waals surface area contributed by atoms with Crippen LogP contribution in [0.2, 0.25) is 0 Å². The lowest BCUT2D eigenvalue weighted by Crippen LogP contribution is -2.35. The van der Waals surface area contributed by atoms with Gasteiger partial charge in [0.25, 0.3) is 0 Å². The molecule has 0 radical (unpaired) electrons. The SMILES string of the molecule is CC1(C(=O)Nc2cccc(OCC(=O)O)c2)CCNC1. The van der Waals surface area contributed by atoms with Gasteiger partial charge < -0.3 is 20.5 Å². The number of ether oxygens (including phenoxy) is 1. The van der Waals surface area contributed by atoms with E-state index in [9.17, 15) is 9.59 Å². The van der Waals surface area contributed by atoms with Gasteiger partial charge in [-0.3, -0.25) is 4.79 Å². The molecule has 6 heteroatoms. The summed E-state index contributed by atoms with van der Waals surface area (Å²) in [4.78, 5) is 22.7. The van der Waals surface area contributed by atoms with Crippen LogP contribution in [0.3, 0.4) is 0 Å². The summed E-state index contributed by atoms with van der Waals surface area (Å²) in [5.74, 6) is -0.665. The Balaban J connectivity index is 2.00. The van der Waals surface area contributed by atoms with Gasteiger partial charge in [-0.15, -0.1) is 0 Å². The molecular formula is C14H18N2O4. The second-order valence-electron chi connectivity index (χ2n) is 5.15. The van der Waals surface area contributed by atoms with E-state index in [0.29, 0.717) is 18.0 Å². The van der Waals surface area contributed by atoms with Crippen LogP contribution in [0.15, 0.2) is 24.3 Å². The minimum absolute atomic E-state index is 0.0436. The molecule has 2 rings (SSSR count). The number of hydrogen-bond donors (Lipinski definition) is 3. The average Bonchev–Trinajstić information content (AvgIpc) is 2.85. The van der Waals surface area contributed by atoms with Crippen molar-refractivity contribution in [1.29, 1.82) is 0 Å². The monoisotopic (exact) mass is 278 g/mol. The van der Waals surface area contributed by atoms with Gasteiger partial charge in [-0.05, 0) is 32.0 Å². The zero-order chi connectivity index (χ0) is 14.6. The highest BCUT2D eigenvalue weighted by Crippen LogP contribution is 2.27. The van der Waals surface area contributed by atoms with Gasteiger partial charge in [-0.25, -0.2) is 4.79 Å². The summed E-state index contributed by atoms with van der Waals surface area (Å²) in [6.07, 6.45) is 0.800. The van der Waals surface area contributed by atoms with Gasteiger partial charge in [-0.1, -0.05) is 6.07 Å². The standard InChI is InChI=1S/C14H18N2O4/c1-14(5-6-15-9-14)13(19)16-10-3-2-4-11(7-10)20-8-12(17)18/h2-4,7,15H,5-6,8-9H2,1H3,(H,16,19)(H,17,18).